The van der Waals surface area contributed by atoms with E-state index >= 15 is 0 Å². The summed E-state index contributed by atoms with van der Waals surface area (Å²) in [5.41, 5.74) is 2.34. The highest BCUT2D eigenvalue weighted by atomic mass is 32.2. The molecule has 1 aromatic carbocycles. The molecule has 0 spiro atoms. The minimum atomic E-state index is -0.398. The van der Waals surface area contributed by atoms with E-state index in [0.717, 1.165) is 5.56 Å². The van der Waals surface area contributed by atoms with Crippen molar-refractivity contribution in [2.45, 2.75) is 17.7 Å². The van der Waals surface area contributed by atoms with Gasteiger partial charge < -0.3 is 5.32 Å². The van der Waals surface area contributed by atoms with E-state index in [0.29, 0.717) is 16.6 Å². The van der Waals surface area contributed by atoms with Gasteiger partial charge in [-0.2, -0.15) is 0 Å². The maximum absolute atomic E-state index is 11.0. The highest BCUT2D eigenvalue weighted by Crippen LogP contribution is 2.31. The maximum atomic E-state index is 11.0. The molecule has 0 fully saturated rings. The van der Waals surface area contributed by atoms with Gasteiger partial charge in [0.05, 0.1) is 4.92 Å². The summed E-state index contributed by atoms with van der Waals surface area (Å²) >= 11 is 1.37. The molecule has 0 saturated carbocycles. The van der Waals surface area contributed by atoms with Crippen LogP contribution in [0.4, 0.5) is 11.5 Å². The molecule has 1 N–H and O–H groups in total. The van der Waals surface area contributed by atoms with Crippen molar-refractivity contribution >= 4 is 23.3 Å². The van der Waals surface area contributed by atoms with E-state index in [1.165, 1.54) is 23.4 Å². The lowest BCUT2D eigenvalue weighted by Crippen LogP contribution is -1.98. The second-order valence-corrected chi connectivity index (χ2v) is 5.27. The van der Waals surface area contributed by atoms with Gasteiger partial charge >= 0.3 is 5.69 Å². The average molecular weight is 289 g/mol. The quantitative estimate of drug-likeness (QED) is 0.517. The van der Waals surface area contributed by atoms with E-state index in [-0.39, 0.29) is 5.69 Å². The Morgan fingerprint density at radius 2 is 2.15 bits per heavy atom. The van der Waals surface area contributed by atoms with Crippen molar-refractivity contribution < 1.29 is 4.92 Å². The number of nitrogens with zero attached hydrogens (tertiary/aromatic N) is 2. The fourth-order valence-corrected chi connectivity index (χ4v) is 2.71. The largest absolute Gasteiger partial charge is 0.373 e. The van der Waals surface area contributed by atoms with E-state index in [2.05, 4.69) is 16.4 Å². The van der Waals surface area contributed by atoms with Crippen LogP contribution in [-0.2, 0) is 5.75 Å². The van der Waals surface area contributed by atoms with Crippen LogP contribution in [0.5, 0.6) is 0 Å². The number of nitro groups is 1. The molecule has 1 aromatic heterocycles. The van der Waals surface area contributed by atoms with E-state index < -0.39 is 4.92 Å². The zero-order valence-corrected chi connectivity index (χ0v) is 12.1. The Labute approximate surface area is 121 Å². The van der Waals surface area contributed by atoms with Gasteiger partial charge in [0.1, 0.15) is 5.82 Å². The molecule has 0 radical (unpaired) electrons. The molecule has 6 heteroatoms. The van der Waals surface area contributed by atoms with Crippen LogP contribution in [0.15, 0.2) is 41.4 Å². The Kier molecular flexibility index (Phi) is 4.57. The number of rotatable bonds is 5. The standard InChI is InChI=1S/C14H15N3O2S/c1-10-4-3-5-11(8-10)9-20-14-12(17(18)19)6-7-13(15-2)16-14/h3-8H,9H2,1-2H3,(H,15,16). The van der Waals surface area contributed by atoms with Crippen LogP contribution in [0.2, 0.25) is 0 Å². The van der Waals surface area contributed by atoms with Crippen LogP contribution in [0.1, 0.15) is 11.1 Å². The smallest absolute Gasteiger partial charge is 0.301 e. The SMILES string of the molecule is CNc1ccc([N+](=O)[O-])c(SCc2cccc(C)c2)n1. The van der Waals surface area contributed by atoms with Gasteiger partial charge in [-0.05, 0) is 18.6 Å². The number of aryl methyl sites for hydroxylation is 1. The predicted molar refractivity (Wildman–Crippen MR) is 81.2 cm³/mol. The van der Waals surface area contributed by atoms with Crippen molar-refractivity contribution in [1.29, 1.82) is 0 Å². The zero-order valence-electron chi connectivity index (χ0n) is 11.3. The number of benzene rings is 1. The third kappa shape index (κ3) is 3.48. The van der Waals surface area contributed by atoms with Gasteiger partial charge in [0.2, 0.25) is 0 Å². The first-order valence-corrected chi connectivity index (χ1v) is 7.10. The van der Waals surface area contributed by atoms with E-state index in [1.807, 2.05) is 25.1 Å². The molecule has 0 saturated heterocycles. The van der Waals surface area contributed by atoms with Crippen molar-refractivity contribution in [2.75, 3.05) is 12.4 Å². The van der Waals surface area contributed by atoms with Crippen molar-refractivity contribution in [1.82, 2.24) is 4.98 Å². The van der Waals surface area contributed by atoms with Crippen LogP contribution < -0.4 is 5.32 Å². The molecule has 1 heterocycles. The number of hydrogen-bond acceptors (Lipinski definition) is 5. The summed E-state index contributed by atoms with van der Waals surface area (Å²) in [5.74, 6) is 1.28. The van der Waals surface area contributed by atoms with Crippen LogP contribution in [0, 0.1) is 17.0 Å². The molecule has 20 heavy (non-hydrogen) atoms. The molecular formula is C14H15N3O2S. The summed E-state index contributed by atoms with van der Waals surface area (Å²) in [6.07, 6.45) is 0. The fraction of sp³-hybridized carbons (Fsp3) is 0.214. The monoisotopic (exact) mass is 289 g/mol. The third-order valence-corrected chi connectivity index (χ3v) is 3.80. The van der Waals surface area contributed by atoms with Crippen molar-refractivity contribution in [3.8, 4) is 0 Å². The summed E-state index contributed by atoms with van der Waals surface area (Å²) in [5, 5.41) is 14.3. The first-order chi connectivity index (χ1) is 9.60. The highest BCUT2D eigenvalue weighted by molar-refractivity contribution is 7.98. The summed E-state index contributed by atoms with van der Waals surface area (Å²) in [4.78, 5) is 14.9. The summed E-state index contributed by atoms with van der Waals surface area (Å²) in [7, 11) is 1.74. The molecule has 2 rings (SSSR count). The molecule has 0 aliphatic carbocycles. The van der Waals surface area contributed by atoms with Crippen LogP contribution in [-0.4, -0.2) is 17.0 Å². The minimum absolute atomic E-state index is 0.0432. The number of nitrogens with one attached hydrogen (secondary N) is 1. The van der Waals surface area contributed by atoms with Crippen molar-refractivity contribution in [2.24, 2.45) is 0 Å². The van der Waals surface area contributed by atoms with Gasteiger partial charge in [0, 0.05) is 18.9 Å². The molecule has 0 aliphatic heterocycles. The number of pyridine rings is 1. The minimum Gasteiger partial charge on any atom is -0.373 e. The maximum Gasteiger partial charge on any atom is 0.301 e. The van der Waals surface area contributed by atoms with E-state index in [4.69, 9.17) is 0 Å². The predicted octanol–water partition coefficient (Wildman–Crippen LogP) is 3.63. The number of anilines is 1. The molecule has 0 amide bonds. The second kappa shape index (κ2) is 6.38. The summed E-state index contributed by atoms with van der Waals surface area (Å²) < 4.78 is 0. The first-order valence-electron chi connectivity index (χ1n) is 6.11. The Morgan fingerprint density at radius 3 is 2.80 bits per heavy atom. The fourth-order valence-electron chi connectivity index (χ4n) is 1.77. The highest BCUT2D eigenvalue weighted by Gasteiger charge is 2.16. The lowest BCUT2D eigenvalue weighted by atomic mass is 10.2. The lowest BCUT2D eigenvalue weighted by molar-refractivity contribution is -0.388. The molecular weight excluding hydrogens is 274 g/mol. The Balaban J connectivity index is 2.21. The van der Waals surface area contributed by atoms with Gasteiger partial charge in [-0.15, -0.1) is 0 Å². The number of hydrogen-bond donors (Lipinski definition) is 1. The van der Waals surface area contributed by atoms with Gasteiger partial charge in [0.25, 0.3) is 0 Å². The molecule has 0 aliphatic rings. The van der Waals surface area contributed by atoms with E-state index in [9.17, 15) is 10.1 Å². The molecule has 5 nitrogen and oxygen atoms in total. The van der Waals surface area contributed by atoms with Crippen molar-refractivity contribution in [3.63, 3.8) is 0 Å². The van der Waals surface area contributed by atoms with Crippen LogP contribution >= 0.6 is 11.8 Å². The first kappa shape index (κ1) is 14.3. The van der Waals surface area contributed by atoms with Gasteiger partial charge in [-0.1, -0.05) is 41.6 Å². The number of thioether (sulfide) groups is 1. The molecule has 0 atom stereocenters. The second-order valence-electron chi connectivity index (χ2n) is 4.31. The van der Waals surface area contributed by atoms with Crippen molar-refractivity contribution in [3.05, 3.63) is 57.6 Å². The Bertz CT molecular complexity index is 632. The van der Waals surface area contributed by atoms with Gasteiger partial charge in [0.15, 0.2) is 5.03 Å². The normalized spacial score (nSPS) is 10.3. The molecule has 104 valence electrons. The Morgan fingerprint density at radius 1 is 1.35 bits per heavy atom. The topological polar surface area (TPSA) is 68.1 Å². The lowest BCUT2D eigenvalue weighted by Gasteiger charge is -2.05. The molecule has 0 bridgehead atoms. The summed E-state index contributed by atoms with van der Waals surface area (Å²) in [6.45, 7) is 2.02. The van der Waals surface area contributed by atoms with Gasteiger partial charge in [-0.25, -0.2) is 4.98 Å². The molecule has 0 unspecified atom stereocenters. The average Bonchev–Trinajstić information content (AvgIpc) is 2.44. The Hall–Kier alpha value is -2.08. The zero-order chi connectivity index (χ0) is 14.5. The van der Waals surface area contributed by atoms with Crippen LogP contribution in [0.25, 0.3) is 0 Å². The molecule has 2 aromatic rings. The van der Waals surface area contributed by atoms with E-state index in [1.54, 1.807) is 13.1 Å². The third-order valence-electron chi connectivity index (χ3n) is 2.75. The van der Waals surface area contributed by atoms with Crippen LogP contribution in [0.3, 0.4) is 0 Å². The van der Waals surface area contributed by atoms with Gasteiger partial charge in [-0.3, -0.25) is 10.1 Å². The summed E-state index contributed by atoms with van der Waals surface area (Å²) in [6, 6.07) is 11.2. The number of aromatic nitrogens is 1.